The molecule has 0 spiro atoms. The molecule has 0 radical (unpaired) electrons. The van der Waals surface area contributed by atoms with E-state index in [-0.39, 0.29) is 18.1 Å². The first-order valence-corrected chi connectivity index (χ1v) is 10.7. The maximum absolute atomic E-state index is 13.0. The second-order valence-electron chi connectivity index (χ2n) is 6.64. The molecule has 0 atom stereocenters. The van der Waals surface area contributed by atoms with Gasteiger partial charge in [0.15, 0.2) is 0 Å². The molecule has 2 nitrogen and oxygen atoms in total. The highest BCUT2D eigenvalue weighted by molar-refractivity contribution is 9.10. The highest BCUT2D eigenvalue weighted by Gasteiger charge is 2.32. The van der Waals surface area contributed by atoms with Gasteiger partial charge in [-0.25, -0.2) is 0 Å². The van der Waals surface area contributed by atoms with Crippen molar-refractivity contribution in [1.29, 1.82) is 0 Å². The minimum absolute atomic E-state index is 0.237. The van der Waals surface area contributed by atoms with Gasteiger partial charge in [0.2, 0.25) is 0 Å². The highest BCUT2D eigenvalue weighted by Crippen LogP contribution is 2.38. The van der Waals surface area contributed by atoms with E-state index in [1.54, 1.807) is 17.4 Å². The summed E-state index contributed by atoms with van der Waals surface area (Å²) in [6.45, 7) is 0.237. The molecule has 0 saturated carbocycles. The number of alkyl halides is 3. The van der Waals surface area contributed by atoms with Gasteiger partial charge in [0.25, 0.3) is 0 Å². The average Bonchev–Trinajstić information content (AvgIpc) is 3.11. The van der Waals surface area contributed by atoms with Crippen LogP contribution in [0.15, 0.2) is 77.3 Å². The van der Waals surface area contributed by atoms with E-state index in [1.807, 2.05) is 60.7 Å². The van der Waals surface area contributed by atoms with Crippen LogP contribution in [0.2, 0.25) is 0 Å². The van der Waals surface area contributed by atoms with Crippen LogP contribution in [0.25, 0.3) is 10.1 Å². The minimum atomic E-state index is -4.79. The van der Waals surface area contributed by atoms with E-state index >= 15 is 0 Å². The third kappa shape index (κ3) is 5.15. The average molecular weight is 493 g/mol. The Bertz CT molecular complexity index is 1120. The summed E-state index contributed by atoms with van der Waals surface area (Å²) in [5, 5.41) is 1.07. The fourth-order valence-electron chi connectivity index (χ4n) is 3.09. The Hall–Kier alpha value is -2.51. The molecule has 3 aromatic carbocycles. The van der Waals surface area contributed by atoms with Crippen molar-refractivity contribution in [2.24, 2.45) is 0 Å². The van der Waals surface area contributed by atoms with E-state index in [1.165, 1.54) is 6.07 Å². The fourth-order valence-corrected chi connectivity index (χ4v) is 4.68. The van der Waals surface area contributed by atoms with Gasteiger partial charge in [-0.05, 0) is 45.1 Å². The van der Waals surface area contributed by atoms with Crippen molar-refractivity contribution in [3.8, 4) is 11.5 Å². The smallest absolute Gasteiger partial charge is 0.488 e. The van der Waals surface area contributed by atoms with E-state index in [2.05, 4.69) is 20.7 Å². The van der Waals surface area contributed by atoms with Crippen LogP contribution < -0.4 is 9.47 Å². The van der Waals surface area contributed by atoms with Gasteiger partial charge in [0.05, 0.1) is 4.47 Å². The lowest BCUT2D eigenvalue weighted by Gasteiger charge is -2.16. The SMILES string of the molecule is FC(F)(F)Oc1cc(OCc2ccccc2)c(Br)cc1Cc1cc2ccccc2s1. The molecule has 154 valence electrons. The summed E-state index contributed by atoms with van der Waals surface area (Å²) in [7, 11) is 0. The molecular formula is C23H16BrF3O2S. The van der Waals surface area contributed by atoms with Crippen molar-refractivity contribution in [1.82, 2.24) is 0 Å². The highest BCUT2D eigenvalue weighted by atomic mass is 79.9. The Morgan fingerprint density at radius 2 is 1.60 bits per heavy atom. The lowest BCUT2D eigenvalue weighted by Crippen LogP contribution is -2.18. The number of thiophene rings is 1. The van der Waals surface area contributed by atoms with Crippen LogP contribution in [-0.4, -0.2) is 6.36 Å². The van der Waals surface area contributed by atoms with Crippen molar-refractivity contribution < 1.29 is 22.6 Å². The van der Waals surface area contributed by atoms with Gasteiger partial charge in [0.1, 0.15) is 18.1 Å². The molecule has 7 heteroatoms. The van der Waals surface area contributed by atoms with Gasteiger partial charge in [-0.3, -0.25) is 0 Å². The molecule has 0 bridgehead atoms. The maximum atomic E-state index is 13.0. The molecule has 0 saturated heterocycles. The standard InChI is InChI=1S/C23H16BrF3O2S/c24-19-12-17(11-18-10-16-8-4-5-9-22(16)30-18)20(29-23(25,26)27)13-21(19)28-14-15-6-2-1-3-7-15/h1-10,12-13H,11,14H2. The van der Waals surface area contributed by atoms with Gasteiger partial charge in [-0.15, -0.1) is 24.5 Å². The molecule has 0 fully saturated rings. The molecule has 0 aliphatic carbocycles. The predicted molar refractivity (Wildman–Crippen MR) is 116 cm³/mol. The summed E-state index contributed by atoms with van der Waals surface area (Å²) in [6.07, 6.45) is -4.47. The van der Waals surface area contributed by atoms with Crippen LogP contribution in [0.1, 0.15) is 16.0 Å². The van der Waals surface area contributed by atoms with Gasteiger partial charge < -0.3 is 9.47 Å². The van der Waals surface area contributed by atoms with E-state index < -0.39 is 6.36 Å². The molecule has 0 unspecified atom stereocenters. The maximum Gasteiger partial charge on any atom is 0.573 e. The van der Waals surface area contributed by atoms with Gasteiger partial charge in [0, 0.05) is 27.6 Å². The summed E-state index contributed by atoms with van der Waals surface area (Å²) in [6, 6.07) is 22.2. The summed E-state index contributed by atoms with van der Waals surface area (Å²) < 4.78 is 50.8. The zero-order chi connectivity index (χ0) is 21.1. The number of hydrogen-bond acceptors (Lipinski definition) is 3. The Morgan fingerprint density at radius 1 is 0.867 bits per heavy atom. The summed E-state index contributed by atoms with van der Waals surface area (Å²) in [4.78, 5) is 0.952. The Kier molecular flexibility index (Phi) is 6.01. The molecule has 30 heavy (non-hydrogen) atoms. The molecular weight excluding hydrogens is 477 g/mol. The first-order chi connectivity index (χ1) is 14.4. The molecule has 1 heterocycles. The van der Waals surface area contributed by atoms with Crippen molar-refractivity contribution in [2.75, 3.05) is 0 Å². The van der Waals surface area contributed by atoms with Crippen LogP contribution in [0, 0.1) is 0 Å². The predicted octanol–water partition coefficient (Wildman–Crippen LogP) is 7.73. The topological polar surface area (TPSA) is 18.5 Å². The summed E-state index contributed by atoms with van der Waals surface area (Å²) in [5.41, 5.74) is 1.34. The largest absolute Gasteiger partial charge is 0.573 e. The molecule has 0 aliphatic rings. The van der Waals surface area contributed by atoms with Crippen LogP contribution in [0.4, 0.5) is 13.2 Å². The molecule has 0 aliphatic heterocycles. The van der Waals surface area contributed by atoms with Gasteiger partial charge in [-0.2, -0.15) is 0 Å². The molecule has 0 amide bonds. The normalized spacial score (nSPS) is 11.6. The lowest BCUT2D eigenvalue weighted by atomic mass is 10.1. The minimum Gasteiger partial charge on any atom is -0.488 e. The number of hydrogen-bond donors (Lipinski definition) is 0. The van der Waals surface area contributed by atoms with Gasteiger partial charge in [-0.1, -0.05) is 48.5 Å². The quantitative estimate of drug-likeness (QED) is 0.274. The first-order valence-electron chi connectivity index (χ1n) is 9.10. The van der Waals surface area contributed by atoms with Crippen molar-refractivity contribution >= 4 is 37.4 Å². The molecule has 1 aromatic heterocycles. The Balaban J connectivity index is 1.63. The molecule has 0 N–H and O–H groups in total. The lowest BCUT2D eigenvalue weighted by molar-refractivity contribution is -0.274. The Morgan fingerprint density at radius 3 is 2.33 bits per heavy atom. The zero-order valence-corrected chi connectivity index (χ0v) is 18.0. The van der Waals surface area contributed by atoms with Crippen molar-refractivity contribution in [3.05, 3.63) is 93.3 Å². The number of ether oxygens (including phenoxy) is 2. The van der Waals surface area contributed by atoms with E-state index in [4.69, 9.17) is 4.74 Å². The van der Waals surface area contributed by atoms with Crippen molar-refractivity contribution in [3.63, 3.8) is 0 Å². The van der Waals surface area contributed by atoms with Crippen LogP contribution in [0.3, 0.4) is 0 Å². The van der Waals surface area contributed by atoms with Crippen LogP contribution >= 0.6 is 27.3 Å². The second-order valence-corrected chi connectivity index (χ2v) is 8.66. The number of rotatable bonds is 6. The van der Waals surface area contributed by atoms with E-state index in [0.717, 1.165) is 20.5 Å². The number of fused-ring (bicyclic) bond motifs is 1. The van der Waals surface area contributed by atoms with Crippen molar-refractivity contribution in [2.45, 2.75) is 19.4 Å². The second kappa shape index (κ2) is 8.70. The number of benzene rings is 3. The van der Waals surface area contributed by atoms with E-state index in [9.17, 15) is 13.2 Å². The molecule has 4 aromatic rings. The third-order valence-corrected chi connectivity index (χ3v) is 6.15. The summed E-state index contributed by atoms with van der Waals surface area (Å²) in [5.74, 6) is 0.0319. The first kappa shape index (κ1) is 20.8. The monoisotopic (exact) mass is 492 g/mol. The molecule has 4 rings (SSSR count). The fraction of sp³-hybridized carbons (Fsp3) is 0.130. The van der Waals surface area contributed by atoms with Crippen LogP contribution in [0.5, 0.6) is 11.5 Å². The zero-order valence-electron chi connectivity index (χ0n) is 15.6. The van der Waals surface area contributed by atoms with Crippen LogP contribution in [-0.2, 0) is 13.0 Å². The third-order valence-electron chi connectivity index (χ3n) is 4.42. The summed E-state index contributed by atoms with van der Waals surface area (Å²) >= 11 is 4.98. The van der Waals surface area contributed by atoms with Gasteiger partial charge >= 0.3 is 6.36 Å². The Labute approximate surface area is 184 Å². The number of halogens is 4. The van der Waals surface area contributed by atoms with E-state index in [0.29, 0.717) is 16.5 Å².